The number of carboxylic acid groups (broad SMARTS) is 1. The van der Waals surface area contributed by atoms with Gasteiger partial charge in [0, 0.05) is 6.54 Å². The van der Waals surface area contributed by atoms with Crippen molar-refractivity contribution in [1.82, 2.24) is 5.32 Å². The van der Waals surface area contributed by atoms with Gasteiger partial charge in [-0.25, -0.2) is 4.39 Å². The first-order valence-electron chi connectivity index (χ1n) is 7.81. The summed E-state index contributed by atoms with van der Waals surface area (Å²) < 4.78 is 12.9. The van der Waals surface area contributed by atoms with Crippen LogP contribution in [0, 0.1) is 29.5 Å². The van der Waals surface area contributed by atoms with Crippen LogP contribution in [0.2, 0.25) is 0 Å². The molecule has 3 aliphatic carbocycles. The van der Waals surface area contributed by atoms with Crippen molar-refractivity contribution in [3.8, 4) is 0 Å². The van der Waals surface area contributed by atoms with Crippen LogP contribution >= 0.6 is 0 Å². The van der Waals surface area contributed by atoms with Crippen LogP contribution < -0.4 is 5.32 Å². The molecule has 5 heteroatoms. The Bertz CT molecular complexity index is 564. The highest BCUT2D eigenvalue weighted by atomic mass is 19.1. The van der Waals surface area contributed by atoms with Crippen LogP contribution in [0.25, 0.3) is 0 Å². The minimum atomic E-state index is -0.851. The van der Waals surface area contributed by atoms with Gasteiger partial charge in [0.2, 0.25) is 5.91 Å². The summed E-state index contributed by atoms with van der Waals surface area (Å²) in [6.07, 6.45) is 3.74. The zero-order chi connectivity index (χ0) is 15.7. The van der Waals surface area contributed by atoms with Gasteiger partial charge >= 0.3 is 5.97 Å². The number of rotatable bonds is 4. The van der Waals surface area contributed by atoms with Crippen molar-refractivity contribution in [3.05, 3.63) is 35.6 Å². The Morgan fingerprint density at radius 1 is 1.05 bits per heavy atom. The number of nitrogens with one attached hydrogen (secondary N) is 1. The molecule has 0 aliphatic heterocycles. The van der Waals surface area contributed by atoms with Crippen LogP contribution in [0.1, 0.15) is 31.2 Å². The molecule has 0 radical (unpaired) electrons. The molecule has 1 aromatic rings. The fourth-order valence-electron chi connectivity index (χ4n) is 4.09. The van der Waals surface area contributed by atoms with E-state index < -0.39 is 17.8 Å². The Morgan fingerprint density at radius 2 is 1.59 bits per heavy atom. The Kier molecular flexibility index (Phi) is 4.14. The van der Waals surface area contributed by atoms with Gasteiger partial charge in [0.15, 0.2) is 0 Å². The van der Waals surface area contributed by atoms with Gasteiger partial charge < -0.3 is 10.4 Å². The summed E-state index contributed by atoms with van der Waals surface area (Å²) in [5, 5.41) is 12.3. The molecule has 0 unspecified atom stereocenters. The van der Waals surface area contributed by atoms with Crippen molar-refractivity contribution in [1.29, 1.82) is 0 Å². The van der Waals surface area contributed by atoms with Gasteiger partial charge in [-0.3, -0.25) is 9.59 Å². The zero-order valence-corrected chi connectivity index (χ0v) is 12.3. The topological polar surface area (TPSA) is 66.4 Å². The van der Waals surface area contributed by atoms with Gasteiger partial charge in [0.05, 0.1) is 11.8 Å². The second-order valence-corrected chi connectivity index (χ2v) is 6.41. The summed E-state index contributed by atoms with van der Waals surface area (Å²) >= 11 is 0. The number of hydrogen-bond acceptors (Lipinski definition) is 2. The van der Waals surface area contributed by atoms with Gasteiger partial charge in [0.25, 0.3) is 0 Å². The largest absolute Gasteiger partial charge is 0.481 e. The fourth-order valence-corrected chi connectivity index (χ4v) is 4.09. The van der Waals surface area contributed by atoms with Gasteiger partial charge in [0.1, 0.15) is 5.82 Å². The lowest BCUT2D eigenvalue weighted by molar-refractivity contribution is -0.158. The number of fused-ring (bicyclic) bond motifs is 3. The average Bonchev–Trinajstić information content (AvgIpc) is 2.54. The fraction of sp³-hybridized carbons (Fsp3) is 0.529. The molecule has 22 heavy (non-hydrogen) atoms. The third-order valence-corrected chi connectivity index (χ3v) is 5.19. The molecular weight excluding hydrogens is 285 g/mol. The van der Waals surface area contributed by atoms with E-state index in [0.717, 1.165) is 31.2 Å². The molecule has 1 amide bonds. The third-order valence-electron chi connectivity index (χ3n) is 5.19. The van der Waals surface area contributed by atoms with Gasteiger partial charge in [-0.2, -0.15) is 0 Å². The van der Waals surface area contributed by atoms with Crippen LogP contribution in [0.5, 0.6) is 0 Å². The molecule has 3 aliphatic rings. The second-order valence-electron chi connectivity index (χ2n) is 6.41. The molecule has 118 valence electrons. The third kappa shape index (κ3) is 2.85. The lowest BCUT2D eigenvalue weighted by atomic mass is 9.58. The van der Waals surface area contributed by atoms with Crippen LogP contribution in [-0.2, 0) is 16.1 Å². The molecule has 4 rings (SSSR count). The molecule has 0 saturated heterocycles. The van der Waals surface area contributed by atoms with E-state index in [4.69, 9.17) is 0 Å². The Balaban J connectivity index is 1.67. The van der Waals surface area contributed by atoms with E-state index in [1.807, 2.05) is 0 Å². The first-order valence-corrected chi connectivity index (χ1v) is 7.81. The molecule has 0 aromatic heterocycles. The van der Waals surface area contributed by atoms with Gasteiger partial charge in [-0.05, 0) is 55.2 Å². The smallest absolute Gasteiger partial charge is 0.307 e. The molecule has 0 heterocycles. The van der Waals surface area contributed by atoms with Crippen molar-refractivity contribution in [3.63, 3.8) is 0 Å². The lowest BCUT2D eigenvalue weighted by Gasteiger charge is -2.45. The monoisotopic (exact) mass is 305 g/mol. The first-order chi connectivity index (χ1) is 10.6. The van der Waals surface area contributed by atoms with Crippen molar-refractivity contribution in [2.45, 2.75) is 32.2 Å². The Morgan fingerprint density at radius 3 is 2.14 bits per heavy atom. The Labute approximate surface area is 128 Å². The van der Waals surface area contributed by atoms with Crippen LogP contribution in [0.4, 0.5) is 4.39 Å². The summed E-state index contributed by atoms with van der Waals surface area (Å²) in [5.74, 6) is -2.01. The molecule has 3 fully saturated rings. The van der Waals surface area contributed by atoms with E-state index in [9.17, 15) is 19.1 Å². The molecule has 0 spiro atoms. The van der Waals surface area contributed by atoms with E-state index in [1.165, 1.54) is 12.1 Å². The summed E-state index contributed by atoms with van der Waals surface area (Å²) in [6, 6.07) is 5.95. The maximum Gasteiger partial charge on any atom is 0.307 e. The number of aliphatic carboxylic acids is 1. The number of carbonyl (C=O) groups excluding carboxylic acids is 1. The first kappa shape index (κ1) is 15.0. The summed E-state index contributed by atoms with van der Waals surface area (Å²) in [5.41, 5.74) is 0.808. The van der Waals surface area contributed by atoms with E-state index >= 15 is 0 Å². The molecule has 4 nitrogen and oxygen atoms in total. The quantitative estimate of drug-likeness (QED) is 0.898. The molecular formula is C17H20FNO3. The normalized spacial score (nSPS) is 30.0. The average molecular weight is 305 g/mol. The van der Waals surface area contributed by atoms with E-state index in [1.54, 1.807) is 12.1 Å². The van der Waals surface area contributed by atoms with E-state index in [0.29, 0.717) is 6.54 Å². The highest BCUT2D eigenvalue weighted by Crippen LogP contribution is 2.49. The minimum Gasteiger partial charge on any atom is -0.481 e. The van der Waals surface area contributed by atoms with Crippen LogP contribution in [-0.4, -0.2) is 17.0 Å². The zero-order valence-electron chi connectivity index (χ0n) is 12.3. The van der Waals surface area contributed by atoms with Crippen molar-refractivity contribution >= 4 is 11.9 Å². The maximum atomic E-state index is 12.9. The van der Waals surface area contributed by atoms with Crippen molar-refractivity contribution < 1.29 is 19.1 Å². The lowest BCUT2D eigenvalue weighted by Crippen LogP contribution is -2.50. The number of hydrogen-bond donors (Lipinski definition) is 2. The van der Waals surface area contributed by atoms with Crippen LogP contribution in [0.3, 0.4) is 0 Å². The summed E-state index contributed by atoms with van der Waals surface area (Å²) in [7, 11) is 0. The number of amides is 1. The van der Waals surface area contributed by atoms with Crippen molar-refractivity contribution in [2.24, 2.45) is 23.7 Å². The number of carboxylic acids is 1. The highest BCUT2D eigenvalue weighted by Gasteiger charge is 2.50. The molecule has 2 atom stereocenters. The predicted molar refractivity (Wildman–Crippen MR) is 78.3 cm³/mol. The van der Waals surface area contributed by atoms with Gasteiger partial charge in [-0.15, -0.1) is 0 Å². The molecule has 3 saturated carbocycles. The number of benzene rings is 1. The molecule has 2 N–H and O–H groups in total. The predicted octanol–water partition coefficient (Wildman–Crippen LogP) is 2.58. The summed E-state index contributed by atoms with van der Waals surface area (Å²) in [4.78, 5) is 24.0. The standard InChI is InChI=1S/C17H20FNO3/c18-13-7-1-10(2-8-13)9-19-16(20)14-11-3-5-12(6-4-11)15(14)17(21)22/h1-2,7-8,11-12,14-15H,3-6,9H2,(H,19,20)(H,21,22)/t11?,12?,14-,15+/m1/s1. The second kappa shape index (κ2) is 6.07. The Hall–Kier alpha value is -1.91. The number of carbonyl (C=O) groups is 2. The van der Waals surface area contributed by atoms with E-state index in [-0.39, 0.29) is 23.6 Å². The maximum absolute atomic E-state index is 12.9. The van der Waals surface area contributed by atoms with Crippen LogP contribution in [0.15, 0.2) is 24.3 Å². The van der Waals surface area contributed by atoms with E-state index in [2.05, 4.69) is 5.32 Å². The molecule has 1 aromatic carbocycles. The number of halogens is 1. The summed E-state index contributed by atoms with van der Waals surface area (Å²) in [6.45, 7) is 0.305. The molecule has 2 bridgehead atoms. The minimum absolute atomic E-state index is 0.129. The highest BCUT2D eigenvalue weighted by molar-refractivity contribution is 5.85. The van der Waals surface area contributed by atoms with Crippen molar-refractivity contribution in [2.75, 3.05) is 0 Å². The SMILES string of the molecule is O=C(NCc1ccc(F)cc1)[C@@H]1C2CCC(CC2)[C@@H]1C(=O)O. The van der Waals surface area contributed by atoms with Gasteiger partial charge in [-0.1, -0.05) is 12.1 Å².